The van der Waals surface area contributed by atoms with Gasteiger partial charge in [0.15, 0.2) is 16.8 Å². The number of rotatable bonds is 6. The Kier molecular flexibility index (Phi) is 6.09. The predicted octanol–water partition coefficient (Wildman–Crippen LogP) is 3.58. The van der Waals surface area contributed by atoms with Gasteiger partial charge in [0.05, 0.1) is 17.0 Å². The zero-order chi connectivity index (χ0) is 23.8. The van der Waals surface area contributed by atoms with Crippen molar-refractivity contribution in [2.75, 3.05) is 34.7 Å². The van der Waals surface area contributed by atoms with Crippen LogP contribution in [0.25, 0.3) is 0 Å². The minimum atomic E-state index is -1.55. The molecule has 1 aromatic heterocycles. The molecule has 1 fully saturated rings. The number of benzene rings is 2. The Bertz CT molecular complexity index is 1260. The molecule has 2 aliphatic rings. The summed E-state index contributed by atoms with van der Waals surface area (Å²) in [7, 11) is -0.0566. The number of fused-ring (bicyclic) bond motifs is 1. The fourth-order valence-corrected chi connectivity index (χ4v) is 5.42. The summed E-state index contributed by atoms with van der Waals surface area (Å²) in [5.74, 6) is 0.259. The maximum atomic E-state index is 13.8. The molecule has 0 aliphatic carbocycles. The number of anilines is 3. The fourth-order valence-electron chi connectivity index (χ4n) is 4.36. The maximum absolute atomic E-state index is 13.8. The molecule has 1 unspecified atom stereocenters. The summed E-state index contributed by atoms with van der Waals surface area (Å²) < 4.78 is 34.2. The second-order valence-corrected chi connectivity index (χ2v) is 9.51. The molecule has 2 aliphatic heterocycles. The zero-order valence-electron chi connectivity index (χ0n) is 18.2. The van der Waals surface area contributed by atoms with E-state index in [0.717, 1.165) is 16.9 Å². The minimum Gasteiger partial charge on any atom is -0.480 e. The molecule has 1 amide bonds. The van der Waals surface area contributed by atoms with Gasteiger partial charge in [0.25, 0.3) is 0 Å². The highest BCUT2D eigenvalue weighted by atomic mass is 35.5. The van der Waals surface area contributed by atoms with Crippen LogP contribution in [0.5, 0.6) is 5.88 Å². The smallest absolute Gasteiger partial charge is 0.249 e. The summed E-state index contributed by atoms with van der Waals surface area (Å²) in [5, 5.41) is 7.89. The number of hydrogen-bond acceptors (Lipinski definition) is 6. The van der Waals surface area contributed by atoms with Crippen molar-refractivity contribution in [3.63, 3.8) is 0 Å². The van der Waals surface area contributed by atoms with Gasteiger partial charge in [0.2, 0.25) is 11.8 Å². The highest BCUT2D eigenvalue weighted by Crippen LogP contribution is 2.38. The van der Waals surface area contributed by atoms with Gasteiger partial charge < -0.3 is 14.5 Å². The molecule has 2 atom stereocenters. The van der Waals surface area contributed by atoms with Crippen LogP contribution in [0.3, 0.4) is 0 Å². The monoisotopic (exact) mass is 501 g/mol. The van der Waals surface area contributed by atoms with Gasteiger partial charge in [0, 0.05) is 30.5 Å². The first-order chi connectivity index (χ1) is 16.5. The standard InChI is InChI=1S/C23H21ClFN5O3S/c1-33-21-9-8-20(26-27-21)28-34(32)15-4-2-14(3-5-15)29-13-11-19(23(29)31)30-12-10-16-18(30)7-6-17(25)22(16)24/h2-9,19H,10-13H2,1H3,(H,26,28)/t19-,34?/m0/s1. The zero-order valence-corrected chi connectivity index (χ0v) is 19.8. The SMILES string of the molecule is COc1ccc(NS(=O)c2ccc(N3CC[C@H](N4CCc5c4ccc(F)c5Cl)C3=O)cc2)nn1. The largest absolute Gasteiger partial charge is 0.480 e. The molecule has 2 aromatic carbocycles. The van der Waals surface area contributed by atoms with Gasteiger partial charge in [-0.05, 0) is 60.9 Å². The lowest BCUT2D eigenvalue weighted by atomic mass is 10.1. The molecule has 0 radical (unpaired) electrons. The van der Waals surface area contributed by atoms with Crippen LogP contribution in [0.2, 0.25) is 5.02 Å². The summed E-state index contributed by atoms with van der Waals surface area (Å²) in [5.41, 5.74) is 2.31. The molecule has 3 aromatic rings. The Balaban J connectivity index is 1.27. The number of carbonyl (C=O) groups excluding carboxylic acids is 1. The summed E-state index contributed by atoms with van der Waals surface area (Å²) in [6.07, 6.45) is 1.26. The quantitative estimate of drug-likeness (QED) is 0.555. The van der Waals surface area contributed by atoms with E-state index in [4.69, 9.17) is 16.3 Å². The van der Waals surface area contributed by atoms with E-state index in [0.29, 0.717) is 42.5 Å². The van der Waals surface area contributed by atoms with E-state index < -0.39 is 16.8 Å². The molecule has 8 nitrogen and oxygen atoms in total. The van der Waals surface area contributed by atoms with Crippen molar-refractivity contribution in [3.8, 4) is 5.88 Å². The van der Waals surface area contributed by atoms with Gasteiger partial charge in [0.1, 0.15) is 11.9 Å². The predicted molar refractivity (Wildman–Crippen MR) is 128 cm³/mol. The summed E-state index contributed by atoms with van der Waals surface area (Å²) in [6.45, 7) is 1.19. The molecule has 0 spiro atoms. The Labute approximate surface area is 203 Å². The number of methoxy groups -OCH3 is 1. The molecule has 1 saturated heterocycles. The number of amides is 1. The Morgan fingerprint density at radius 3 is 2.62 bits per heavy atom. The molecule has 176 valence electrons. The van der Waals surface area contributed by atoms with Gasteiger partial charge in [-0.2, -0.15) is 0 Å². The van der Waals surface area contributed by atoms with Crippen molar-refractivity contribution >= 4 is 45.7 Å². The second-order valence-electron chi connectivity index (χ2n) is 7.92. The molecular weight excluding hydrogens is 481 g/mol. The molecule has 5 rings (SSSR count). The van der Waals surface area contributed by atoms with E-state index in [2.05, 4.69) is 14.9 Å². The highest BCUT2D eigenvalue weighted by Gasteiger charge is 2.39. The third-order valence-corrected chi connectivity index (χ3v) is 7.55. The van der Waals surface area contributed by atoms with Crippen LogP contribution in [0.15, 0.2) is 53.4 Å². The lowest BCUT2D eigenvalue weighted by Crippen LogP contribution is -2.41. The lowest BCUT2D eigenvalue weighted by molar-refractivity contribution is -0.118. The van der Waals surface area contributed by atoms with Crippen molar-refractivity contribution in [2.45, 2.75) is 23.8 Å². The molecule has 0 bridgehead atoms. The van der Waals surface area contributed by atoms with Crippen LogP contribution in [0.1, 0.15) is 12.0 Å². The lowest BCUT2D eigenvalue weighted by Gasteiger charge is -2.26. The number of aromatic nitrogens is 2. The van der Waals surface area contributed by atoms with Crippen molar-refractivity contribution in [1.29, 1.82) is 0 Å². The maximum Gasteiger partial charge on any atom is 0.249 e. The molecule has 0 saturated carbocycles. The van der Waals surface area contributed by atoms with Gasteiger partial charge in [-0.25, -0.2) is 8.60 Å². The molecular formula is C23H21ClFN5O3S. The first-order valence-electron chi connectivity index (χ1n) is 10.7. The van der Waals surface area contributed by atoms with E-state index in [9.17, 15) is 13.4 Å². The van der Waals surface area contributed by atoms with Crippen molar-refractivity contribution in [2.24, 2.45) is 0 Å². The van der Waals surface area contributed by atoms with Crippen molar-refractivity contribution in [1.82, 2.24) is 10.2 Å². The molecule has 11 heteroatoms. The van der Waals surface area contributed by atoms with E-state index in [1.807, 2.05) is 4.90 Å². The second kappa shape index (κ2) is 9.19. The summed E-state index contributed by atoms with van der Waals surface area (Å²) in [4.78, 5) is 17.5. The summed E-state index contributed by atoms with van der Waals surface area (Å²) in [6, 6.07) is 12.9. The Hall–Kier alpha value is -3.24. The third-order valence-electron chi connectivity index (χ3n) is 6.05. The van der Waals surface area contributed by atoms with Gasteiger partial charge >= 0.3 is 0 Å². The first-order valence-corrected chi connectivity index (χ1v) is 12.2. The topological polar surface area (TPSA) is 87.7 Å². The van der Waals surface area contributed by atoms with Gasteiger partial charge in [-0.3, -0.25) is 9.52 Å². The average Bonchev–Trinajstić information content (AvgIpc) is 3.45. The number of nitrogens with zero attached hydrogens (tertiary/aromatic N) is 4. The molecule has 1 N–H and O–H groups in total. The normalized spacial score (nSPS) is 18.2. The number of nitrogens with one attached hydrogen (secondary N) is 1. The van der Waals surface area contributed by atoms with Crippen LogP contribution in [-0.4, -0.2) is 46.6 Å². The van der Waals surface area contributed by atoms with E-state index in [1.54, 1.807) is 47.4 Å². The highest BCUT2D eigenvalue weighted by molar-refractivity contribution is 7.86. The summed E-state index contributed by atoms with van der Waals surface area (Å²) >= 11 is 6.14. The van der Waals surface area contributed by atoms with Crippen LogP contribution in [0.4, 0.5) is 21.6 Å². The number of carbonyl (C=O) groups is 1. The Morgan fingerprint density at radius 2 is 1.91 bits per heavy atom. The van der Waals surface area contributed by atoms with Crippen LogP contribution >= 0.6 is 11.6 Å². The fraction of sp³-hybridized carbons (Fsp3) is 0.261. The molecule has 3 heterocycles. The van der Waals surface area contributed by atoms with Gasteiger partial charge in [-0.15, -0.1) is 10.2 Å². The van der Waals surface area contributed by atoms with Gasteiger partial charge in [-0.1, -0.05) is 11.6 Å². The number of hydrogen-bond donors (Lipinski definition) is 1. The first kappa shape index (κ1) is 22.5. The van der Waals surface area contributed by atoms with E-state index in [1.165, 1.54) is 13.2 Å². The van der Waals surface area contributed by atoms with Crippen molar-refractivity contribution < 1.29 is 18.1 Å². The van der Waals surface area contributed by atoms with E-state index in [-0.39, 0.29) is 17.0 Å². The van der Waals surface area contributed by atoms with E-state index >= 15 is 0 Å². The third kappa shape index (κ3) is 4.07. The number of ether oxygens (including phenoxy) is 1. The Morgan fingerprint density at radius 1 is 1.12 bits per heavy atom. The van der Waals surface area contributed by atoms with Crippen molar-refractivity contribution in [3.05, 3.63) is 64.9 Å². The molecule has 34 heavy (non-hydrogen) atoms. The average molecular weight is 502 g/mol. The van der Waals surface area contributed by atoms with Crippen LogP contribution in [0, 0.1) is 5.82 Å². The number of halogens is 2. The minimum absolute atomic E-state index is 0.0196. The van der Waals surface area contributed by atoms with Crippen LogP contribution in [-0.2, 0) is 22.2 Å². The van der Waals surface area contributed by atoms with Crippen LogP contribution < -0.4 is 19.3 Å².